The highest BCUT2D eigenvalue weighted by molar-refractivity contribution is 7.91. The van der Waals surface area contributed by atoms with E-state index in [1.807, 2.05) is 44.2 Å². The molecule has 0 fully saturated rings. The summed E-state index contributed by atoms with van der Waals surface area (Å²) in [4.78, 5) is 0. The van der Waals surface area contributed by atoms with Crippen molar-refractivity contribution in [2.45, 2.75) is 26.1 Å². The smallest absolute Gasteiger partial charge is 0.236 e. The van der Waals surface area contributed by atoms with Gasteiger partial charge in [0, 0.05) is 12.2 Å². The van der Waals surface area contributed by atoms with E-state index in [-0.39, 0.29) is 5.75 Å². The molecule has 0 heterocycles. The fourth-order valence-corrected chi connectivity index (χ4v) is 3.37. The molecular weight excluding hydrogens is 284 g/mol. The van der Waals surface area contributed by atoms with E-state index in [0.717, 1.165) is 22.3 Å². The lowest BCUT2D eigenvalue weighted by Gasteiger charge is -2.12. The molecule has 0 saturated heterocycles. The van der Waals surface area contributed by atoms with Gasteiger partial charge in [0.05, 0.1) is 5.75 Å². The predicted octanol–water partition coefficient (Wildman–Crippen LogP) is 2.70. The van der Waals surface area contributed by atoms with E-state index in [9.17, 15) is 8.42 Å². The Kier molecular flexibility index (Phi) is 4.65. The number of rotatable bonds is 5. The van der Waals surface area contributed by atoms with E-state index < -0.39 is 10.0 Å². The van der Waals surface area contributed by atoms with Gasteiger partial charge in [-0.05, 0) is 48.2 Å². The summed E-state index contributed by atoms with van der Waals surface area (Å²) in [5.41, 5.74) is 10.00. The molecule has 0 saturated carbocycles. The number of aryl methyl sites for hydroxylation is 2. The standard InChI is InChI=1S/C16H20N2O2S/c1-12-7-8-16(9-13(12)2)18-21(19,20)11-15-6-4-3-5-14(15)10-17/h3-9,18H,10-11,17H2,1-2H3. The van der Waals surface area contributed by atoms with Gasteiger partial charge in [-0.2, -0.15) is 0 Å². The summed E-state index contributed by atoms with van der Waals surface area (Å²) in [6, 6.07) is 12.8. The molecule has 0 bridgehead atoms. The van der Waals surface area contributed by atoms with Gasteiger partial charge in [-0.1, -0.05) is 30.3 Å². The zero-order valence-electron chi connectivity index (χ0n) is 12.3. The molecule has 4 nitrogen and oxygen atoms in total. The summed E-state index contributed by atoms with van der Waals surface area (Å²) >= 11 is 0. The Morgan fingerprint density at radius 2 is 1.67 bits per heavy atom. The third kappa shape index (κ3) is 4.06. The van der Waals surface area contributed by atoms with Crippen molar-refractivity contribution in [3.8, 4) is 0 Å². The fraction of sp³-hybridized carbons (Fsp3) is 0.250. The molecule has 2 rings (SSSR count). The molecule has 3 N–H and O–H groups in total. The third-order valence-electron chi connectivity index (χ3n) is 3.46. The van der Waals surface area contributed by atoms with Gasteiger partial charge in [0.25, 0.3) is 0 Å². The molecule has 21 heavy (non-hydrogen) atoms. The number of sulfonamides is 1. The minimum atomic E-state index is -3.46. The molecule has 2 aromatic carbocycles. The lowest BCUT2D eigenvalue weighted by Crippen LogP contribution is -2.16. The van der Waals surface area contributed by atoms with Crippen LogP contribution in [0.15, 0.2) is 42.5 Å². The Hall–Kier alpha value is -1.85. The van der Waals surface area contributed by atoms with Crippen LogP contribution >= 0.6 is 0 Å². The molecule has 0 radical (unpaired) electrons. The molecule has 0 aliphatic heterocycles. The number of anilines is 1. The summed E-state index contributed by atoms with van der Waals surface area (Å²) in [5, 5.41) is 0. The number of benzene rings is 2. The average Bonchev–Trinajstić information content (AvgIpc) is 2.43. The van der Waals surface area contributed by atoms with Crippen molar-refractivity contribution in [3.63, 3.8) is 0 Å². The molecule has 0 aliphatic carbocycles. The van der Waals surface area contributed by atoms with Gasteiger partial charge in [0.2, 0.25) is 10.0 Å². The maximum absolute atomic E-state index is 12.3. The maximum atomic E-state index is 12.3. The molecule has 0 aromatic heterocycles. The molecule has 0 atom stereocenters. The topological polar surface area (TPSA) is 72.2 Å². The van der Waals surface area contributed by atoms with Crippen molar-refractivity contribution in [1.82, 2.24) is 0 Å². The molecule has 5 heteroatoms. The first-order chi connectivity index (χ1) is 9.91. The number of nitrogens with one attached hydrogen (secondary N) is 1. The minimum Gasteiger partial charge on any atom is -0.326 e. The first kappa shape index (κ1) is 15.5. The van der Waals surface area contributed by atoms with Crippen molar-refractivity contribution < 1.29 is 8.42 Å². The number of nitrogens with two attached hydrogens (primary N) is 1. The van der Waals surface area contributed by atoms with E-state index in [2.05, 4.69) is 4.72 Å². The summed E-state index contributed by atoms with van der Waals surface area (Å²) < 4.78 is 27.2. The Balaban J connectivity index is 2.20. The van der Waals surface area contributed by atoms with Crippen LogP contribution in [0.5, 0.6) is 0 Å². The van der Waals surface area contributed by atoms with Crippen LogP contribution < -0.4 is 10.5 Å². The van der Waals surface area contributed by atoms with Crippen LogP contribution in [-0.2, 0) is 22.3 Å². The van der Waals surface area contributed by atoms with Crippen molar-refractivity contribution in [2.75, 3.05) is 4.72 Å². The van der Waals surface area contributed by atoms with Gasteiger partial charge in [0.15, 0.2) is 0 Å². The van der Waals surface area contributed by atoms with Crippen LogP contribution in [0, 0.1) is 13.8 Å². The minimum absolute atomic E-state index is 0.0761. The van der Waals surface area contributed by atoms with Crippen molar-refractivity contribution >= 4 is 15.7 Å². The maximum Gasteiger partial charge on any atom is 0.236 e. The van der Waals surface area contributed by atoms with Gasteiger partial charge >= 0.3 is 0 Å². The first-order valence-electron chi connectivity index (χ1n) is 6.76. The van der Waals surface area contributed by atoms with Crippen LogP contribution in [0.4, 0.5) is 5.69 Å². The van der Waals surface area contributed by atoms with Crippen LogP contribution in [0.1, 0.15) is 22.3 Å². The summed E-state index contributed by atoms with van der Waals surface area (Å²) in [6.07, 6.45) is 0. The van der Waals surface area contributed by atoms with Crippen molar-refractivity contribution in [3.05, 3.63) is 64.7 Å². The zero-order chi connectivity index (χ0) is 15.5. The molecule has 0 amide bonds. The highest BCUT2D eigenvalue weighted by atomic mass is 32.2. The Morgan fingerprint density at radius 1 is 1.00 bits per heavy atom. The van der Waals surface area contributed by atoms with Crippen LogP contribution in [-0.4, -0.2) is 8.42 Å². The van der Waals surface area contributed by atoms with Crippen LogP contribution in [0.3, 0.4) is 0 Å². The molecule has 0 unspecified atom stereocenters. The second-order valence-corrected chi connectivity index (χ2v) is 6.86. The summed E-state index contributed by atoms with van der Waals surface area (Å²) in [5.74, 6) is -0.0761. The highest BCUT2D eigenvalue weighted by Crippen LogP contribution is 2.18. The molecular formula is C16H20N2O2S. The van der Waals surface area contributed by atoms with Crippen LogP contribution in [0.2, 0.25) is 0 Å². The van der Waals surface area contributed by atoms with Gasteiger partial charge in [0.1, 0.15) is 0 Å². The average molecular weight is 304 g/mol. The summed E-state index contributed by atoms with van der Waals surface area (Å²) in [6.45, 7) is 4.28. The lowest BCUT2D eigenvalue weighted by molar-refractivity contribution is 0.600. The Labute approximate surface area is 126 Å². The van der Waals surface area contributed by atoms with E-state index in [4.69, 9.17) is 5.73 Å². The lowest BCUT2D eigenvalue weighted by atomic mass is 10.1. The van der Waals surface area contributed by atoms with Crippen molar-refractivity contribution in [2.24, 2.45) is 5.73 Å². The van der Waals surface area contributed by atoms with E-state index >= 15 is 0 Å². The van der Waals surface area contributed by atoms with E-state index in [1.54, 1.807) is 12.1 Å². The van der Waals surface area contributed by atoms with Gasteiger partial charge in [-0.3, -0.25) is 4.72 Å². The van der Waals surface area contributed by atoms with Gasteiger partial charge < -0.3 is 5.73 Å². The van der Waals surface area contributed by atoms with Gasteiger partial charge in [-0.15, -0.1) is 0 Å². The zero-order valence-corrected chi connectivity index (χ0v) is 13.1. The van der Waals surface area contributed by atoms with Crippen molar-refractivity contribution in [1.29, 1.82) is 0 Å². The monoisotopic (exact) mass is 304 g/mol. The van der Waals surface area contributed by atoms with Crippen LogP contribution in [0.25, 0.3) is 0 Å². The first-order valence-corrected chi connectivity index (χ1v) is 8.41. The second-order valence-electron chi connectivity index (χ2n) is 5.13. The highest BCUT2D eigenvalue weighted by Gasteiger charge is 2.14. The number of hydrogen-bond donors (Lipinski definition) is 2. The van der Waals surface area contributed by atoms with Gasteiger partial charge in [-0.25, -0.2) is 8.42 Å². The quantitative estimate of drug-likeness (QED) is 0.892. The molecule has 112 valence electrons. The normalized spacial score (nSPS) is 11.4. The Bertz CT molecular complexity index is 740. The molecule has 0 aliphatic rings. The molecule has 0 spiro atoms. The number of hydrogen-bond acceptors (Lipinski definition) is 3. The molecule has 2 aromatic rings. The fourth-order valence-electron chi connectivity index (χ4n) is 2.12. The Morgan fingerprint density at radius 3 is 2.29 bits per heavy atom. The largest absolute Gasteiger partial charge is 0.326 e. The predicted molar refractivity (Wildman–Crippen MR) is 86.5 cm³/mol. The second kappa shape index (κ2) is 6.28. The SMILES string of the molecule is Cc1ccc(NS(=O)(=O)Cc2ccccc2CN)cc1C. The summed E-state index contributed by atoms with van der Waals surface area (Å²) in [7, 11) is -3.46. The van der Waals surface area contributed by atoms with E-state index in [1.165, 1.54) is 0 Å². The van der Waals surface area contributed by atoms with E-state index in [0.29, 0.717) is 12.2 Å². The third-order valence-corrected chi connectivity index (χ3v) is 4.70.